The minimum Gasteiger partial charge on any atom is -0.387 e. The van der Waals surface area contributed by atoms with Gasteiger partial charge in [0.15, 0.2) is 0 Å². The van der Waals surface area contributed by atoms with E-state index in [1.807, 2.05) is 38.2 Å². The first-order chi connectivity index (χ1) is 11.6. The van der Waals surface area contributed by atoms with Crippen LogP contribution in [0.3, 0.4) is 0 Å². The summed E-state index contributed by atoms with van der Waals surface area (Å²) in [4.78, 5) is 2.07. The largest absolute Gasteiger partial charge is 0.387 e. The predicted octanol–water partition coefficient (Wildman–Crippen LogP) is 3.17. The van der Waals surface area contributed by atoms with Crippen molar-refractivity contribution in [2.24, 2.45) is 0 Å². The van der Waals surface area contributed by atoms with Crippen LogP contribution < -0.4 is 10.2 Å². The van der Waals surface area contributed by atoms with Crippen LogP contribution in [-0.4, -0.2) is 25.2 Å². The fourth-order valence-corrected chi connectivity index (χ4v) is 2.56. The van der Waals surface area contributed by atoms with E-state index >= 15 is 0 Å². The number of aliphatic hydroxyl groups excluding tert-OH is 1. The number of nitrogens with one attached hydrogen (secondary N) is 1. The van der Waals surface area contributed by atoms with Crippen molar-refractivity contribution in [1.82, 2.24) is 5.32 Å². The van der Waals surface area contributed by atoms with E-state index in [1.165, 1.54) is 5.56 Å². The Morgan fingerprint density at radius 2 is 1.96 bits per heavy atom. The van der Waals surface area contributed by atoms with Gasteiger partial charge in [0, 0.05) is 32.4 Å². The van der Waals surface area contributed by atoms with Gasteiger partial charge in [-0.15, -0.1) is 0 Å². The van der Waals surface area contributed by atoms with Gasteiger partial charge in [0.05, 0.1) is 18.6 Å². The van der Waals surface area contributed by atoms with Crippen molar-refractivity contribution in [2.75, 3.05) is 25.0 Å². The summed E-state index contributed by atoms with van der Waals surface area (Å²) >= 11 is 0. The minimum atomic E-state index is -0.499. The van der Waals surface area contributed by atoms with E-state index in [1.54, 1.807) is 0 Å². The fraction of sp³-hybridized carbons (Fsp3) is 0.350. The summed E-state index contributed by atoms with van der Waals surface area (Å²) in [5.74, 6) is 0. The smallest absolute Gasteiger partial charge is 0.0914 e. The maximum atomic E-state index is 10.2. The molecule has 0 aliphatic carbocycles. The highest BCUT2D eigenvalue weighted by Gasteiger charge is 2.07. The van der Waals surface area contributed by atoms with Crippen LogP contribution in [0.5, 0.6) is 0 Å². The number of benzene rings is 2. The van der Waals surface area contributed by atoms with E-state index in [-0.39, 0.29) is 0 Å². The topological polar surface area (TPSA) is 59.3 Å². The summed E-state index contributed by atoms with van der Waals surface area (Å²) in [6.45, 7) is 3.99. The molecule has 0 fully saturated rings. The lowest BCUT2D eigenvalue weighted by molar-refractivity contribution is 0.174. The third-order valence-corrected chi connectivity index (χ3v) is 4.03. The highest BCUT2D eigenvalue weighted by atomic mass is 16.3. The Morgan fingerprint density at radius 1 is 1.21 bits per heavy atom. The standard InChI is InChI=1S/C20H25N3O/c1-16-5-3-6-18(13-16)20(24)15-22-14-17-7-9-19(10-8-17)23(2)12-4-11-21/h3,5-10,13,20,22,24H,4,12,14-15H2,1-2H3. The van der Waals surface area contributed by atoms with Crippen LogP contribution in [0.2, 0.25) is 0 Å². The molecule has 2 N–H and O–H groups in total. The molecule has 1 atom stereocenters. The molecular formula is C20H25N3O. The second-order valence-electron chi connectivity index (χ2n) is 6.06. The number of hydrogen-bond donors (Lipinski definition) is 2. The molecule has 0 bridgehead atoms. The van der Waals surface area contributed by atoms with Crippen molar-refractivity contribution < 1.29 is 5.11 Å². The first kappa shape index (κ1) is 18.0. The van der Waals surface area contributed by atoms with Crippen molar-refractivity contribution in [2.45, 2.75) is 26.0 Å². The molecule has 0 aromatic heterocycles. The van der Waals surface area contributed by atoms with Crippen LogP contribution in [0, 0.1) is 18.3 Å². The van der Waals surface area contributed by atoms with Gasteiger partial charge in [-0.3, -0.25) is 0 Å². The third-order valence-electron chi connectivity index (χ3n) is 4.03. The van der Waals surface area contributed by atoms with Gasteiger partial charge < -0.3 is 15.3 Å². The van der Waals surface area contributed by atoms with Gasteiger partial charge in [-0.2, -0.15) is 5.26 Å². The number of rotatable bonds is 8. The molecule has 0 saturated carbocycles. The van der Waals surface area contributed by atoms with E-state index < -0.39 is 6.10 Å². The van der Waals surface area contributed by atoms with Gasteiger partial charge in [0.2, 0.25) is 0 Å². The van der Waals surface area contributed by atoms with Crippen LogP contribution in [-0.2, 0) is 6.54 Å². The zero-order valence-electron chi connectivity index (χ0n) is 14.4. The summed E-state index contributed by atoms with van der Waals surface area (Å²) in [6.07, 6.45) is 0.0257. The van der Waals surface area contributed by atoms with Crippen LogP contribution >= 0.6 is 0 Å². The maximum Gasteiger partial charge on any atom is 0.0914 e. The Labute approximate surface area is 144 Å². The van der Waals surface area contributed by atoms with Gasteiger partial charge in [-0.25, -0.2) is 0 Å². The molecule has 2 aromatic rings. The van der Waals surface area contributed by atoms with Gasteiger partial charge in [0.25, 0.3) is 0 Å². The first-order valence-electron chi connectivity index (χ1n) is 8.22. The van der Waals surface area contributed by atoms with Crippen molar-refractivity contribution in [3.8, 4) is 6.07 Å². The van der Waals surface area contributed by atoms with E-state index in [9.17, 15) is 5.11 Å². The molecule has 0 aliphatic rings. The van der Waals surface area contributed by atoms with E-state index in [0.29, 0.717) is 19.5 Å². The molecule has 0 heterocycles. The molecule has 0 radical (unpaired) electrons. The van der Waals surface area contributed by atoms with Crippen molar-refractivity contribution in [3.05, 3.63) is 65.2 Å². The normalized spacial score (nSPS) is 11.8. The number of aliphatic hydroxyl groups is 1. The Balaban J connectivity index is 1.81. The van der Waals surface area contributed by atoms with Gasteiger partial charge in [-0.1, -0.05) is 42.0 Å². The zero-order valence-corrected chi connectivity index (χ0v) is 14.4. The SMILES string of the molecule is Cc1cccc(C(O)CNCc2ccc(N(C)CCC#N)cc2)c1. The summed E-state index contributed by atoms with van der Waals surface area (Å²) in [5.41, 5.74) is 4.37. The Hall–Kier alpha value is -2.35. The molecular weight excluding hydrogens is 298 g/mol. The summed E-state index contributed by atoms with van der Waals surface area (Å²) < 4.78 is 0. The highest BCUT2D eigenvalue weighted by Crippen LogP contribution is 2.15. The summed E-state index contributed by atoms with van der Waals surface area (Å²) in [7, 11) is 1.99. The quantitative estimate of drug-likeness (QED) is 0.783. The van der Waals surface area contributed by atoms with Gasteiger partial charge in [0.1, 0.15) is 0 Å². The molecule has 4 heteroatoms. The first-order valence-corrected chi connectivity index (χ1v) is 8.22. The van der Waals surface area contributed by atoms with Crippen molar-refractivity contribution >= 4 is 5.69 Å². The molecule has 126 valence electrons. The van der Waals surface area contributed by atoms with Crippen molar-refractivity contribution in [1.29, 1.82) is 5.26 Å². The lowest BCUT2D eigenvalue weighted by atomic mass is 10.1. The number of aryl methyl sites for hydroxylation is 1. The lowest BCUT2D eigenvalue weighted by Gasteiger charge is -2.18. The second-order valence-corrected chi connectivity index (χ2v) is 6.06. The molecule has 2 rings (SSSR count). The average molecular weight is 323 g/mol. The zero-order chi connectivity index (χ0) is 17.4. The van der Waals surface area contributed by atoms with Crippen LogP contribution in [0.25, 0.3) is 0 Å². The van der Waals surface area contributed by atoms with E-state index in [0.717, 1.165) is 23.4 Å². The molecule has 4 nitrogen and oxygen atoms in total. The van der Waals surface area contributed by atoms with E-state index in [2.05, 4.69) is 40.6 Å². The molecule has 0 amide bonds. The number of hydrogen-bond acceptors (Lipinski definition) is 4. The highest BCUT2D eigenvalue weighted by molar-refractivity contribution is 5.46. The molecule has 0 saturated heterocycles. The lowest BCUT2D eigenvalue weighted by Crippen LogP contribution is -2.21. The third kappa shape index (κ3) is 5.38. The van der Waals surface area contributed by atoms with Crippen LogP contribution in [0.1, 0.15) is 29.2 Å². The van der Waals surface area contributed by atoms with E-state index in [4.69, 9.17) is 5.26 Å². The minimum absolute atomic E-state index is 0.499. The molecule has 2 aromatic carbocycles. The second kappa shape index (κ2) is 9.07. The Bertz CT molecular complexity index is 676. The Kier molecular flexibility index (Phi) is 6.80. The monoisotopic (exact) mass is 323 g/mol. The number of nitrogens with zero attached hydrogens (tertiary/aromatic N) is 2. The van der Waals surface area contributed by atoms with Crippen LogP contribution in [0.4, 0.5) is 5.69 Å². The Morgan fingerprint density at radius 3 is 2.62 bits per heavy atom. The van der Waals surface area contributed by atoms with Gasteiger partial charge >= 0.3 is 0 Å². The number of anilines is 1. The number of nitriles is 1. The molecule has 0 spiro atoms. The summed E-state index contributed by atoms with van der Waals surface area (Å²) in [5, 5.41) is 22.2. The maximum absolute atomic E-state index is 10.2. The average Bonchev–Trinajstić information content (AvgIpc) is 2.60. The van der Waals surface area contributed by atoms with Crippen LogP contribution in [0.15, 0.2) is 48.5 Å². The molecule has 24 heavy (non-hydrogen) atoms. The predicted molar refractivity (Wildman–Crippen MR) is 97.8 cm³/mol. The van der Waals surface area contributed by atoms with Crippen molar-refractivity contribution in [3.63, 3.8) is 0 Å². The summed E-state index contributed by atoms with van der Waals surface area (Å²) in [6, 6.07) is 18.4. The fourth-order valence-electron chi connectivity index (χ4n) is 2.56. The molecule has 0 aliphatic heterocycles. The van der Waals surface area contributed by atoms with Gasteiger partial charge in [-0.05, 0) is 30.2 Å². The molecule has 1 unspecified atom stereocenters.